The molecule has 2 atom stereocenters. The lowest BCUT2D eigenvalue weighted by Crippen LogP contribution is -2.35. The van der Waals surface area contributed by atoms with E-state index in [-0.39, 0.29) is 5.91 Å². The van der Waals surface area contributed by atoms with Gasteiger partial charge in [0.1, 0.15) is 0 Å². The largest absolute Gasteiger partial charge is 0.363 e. The highest BCUT2D eigenvalue weighted by atomic mass is 16.5. The number of rotatable bonds is 5. The molecule has 0 unspecified atom stereocenters. The number of benzene rings is 1. The average molecular weight is 391 g/mol. The van der Waals surface area contributed by atoms with Crippen molar-refractivity contribution in [2.24, 2.45) is 0 Å². The Morgan fingerprint density at radius 2 is 2.21 bits per heavy atom. The first-order valence-corrected chi connectivity index (χ1v) is 10.3. The van der Waals surface area contributed by atoms with Gasteiger partial charge in [0.15, 0.2) is 11.8 Å². The Kier molecular flexibility index (Phi) is 4.99. The molecule has 1 aromatic carbocycles. The highest BCUT2D eigenvalue weighted by Gasteiger charge is 2.27. The van der Waals surface area contributed by atoms with Gasteiger partial charge in [-0.15, -0.1) is 0 Å². The van der Waals surface area contributed by atoms with Crippen LogP contribution in [0.15, 0.2) is 42.6 Å². The third kappa shape index (κ3) is 3.52. The zero-order valence-corrected chi connectivity index (χ0v) is 16.3. The summed E-state index contributed by atoms with van der Waals surface area (Å²) in [4.78, 5) is 17.3. The molecule has 5 rings (SSSR count). The summed E-state index contributed by atoms with van der Waals surface area (Å²) in [5.74, 6) is 0.325. The summed E-state index contributed by atoms with van der Waals surface area (Å²) in [6.07, 6.45) is 3.20. The van der Waals surface area contributed by atoms with Gasteiger partial charge in [0.2, 0.25) is 0 Å². The van der Waals surface area contributed by atoms with E-state index in [1.807, 2.05) is 28.9 Å². The van der Waals surface area contributed by atoms with Gasteiger partial charge in [-0.2, -0.15) is 5.10 Å². The quantitative estimate of drug-likeness (QED) is 0.695. The fourth-order valence-corrected chi connectivity index (χ4v) is 4.37. The van der Waals surface area contributed by atoms with Gasteiger partial charge < -0.3 is 15.4 Å². The molecule has 2 N–H and O–H groups in total. The van der Waals surface area contributed by atoms with E-state index < -0.39 is 6.10 Å². The molecule has 7 heteroatoms. The van der Waals surface area contributed by atoms with Gasteiger partial charge in [0.05, 0.1) is 18.8 Å². The first kappa shape index (κ1) is 18.3. The van der Waals surface area contributed by atoms with E-state index in [0.717, 1.165) is 48.2 Å². The molecule has 0 saturated carbocycles. The summed E-state index contributed by atoms with van der Waals surface area (Å²) in [6.45, 7) is 3.61. The number of amides is 1. The van der Waals surface area contributed by atoms with Gasteiger partial charge in [-0.3, -0.25) is 4.79 Å². The van der Waals surface area contributed by atoms with E-state index in [1.165, 1.54) is 5.56 Å². The number of aromatic nitrogens is 3. The Hall–Kier alpha value is -2.77. The first-order chi connectivity index (χ1) is 14.3. The number of nitrogens with zero attached hydrogens (tertiary/aromatic N) is 3. The van der Waals surface area contributed by atoms with Crippen molar-refractivity contribution in [1.82, 2.24) is 25.4 Å². The van der Waals surface area contributed by atoms with Crippen molar-refractivity contribution in [2.45, 2.75) is 31.4 Å². The van der Waals surface area contributed by atoms with E-state index in [2.05, 4.69) is 27.8 Å². The van der Waals surface area contributed by atoms with Crippen molar-refractivity contribution in [2.75, 3.05) is 26.2 Å². The Labute approximate surface area is 169 Å². The summed E-state index contributed by atoms with van der Waals surface area (Å²) in [5.41, 5.74) is 4.14. The third-order valence-electron chi connectivity index (χ3n) is 5.84. The van der Waals surface area contributed by atoms with E-state index in [0.29, 0.717) is 25.6 Å². The van der Waals surface area contributed by atoms with Gasteiger partial charge in [-0.25, -0.2) is 9.67 Å². The van der Waals surface area contributed by atoms with Crippen LogP contribution < -0.4 is 10.6 Å². The smallest absolute Gasteiger partial charge is 0.253 e. The van der Waals surface area contributed by atoms with Crippen LogP contribution in [-0.4, -0.2) is 46.9 Å². The number of pyridine rings is 1. The van der Waals surface area contributed by atoms with Crippen molar-refractivity contribution in [1.29, 1.82) is 0 Å². The number of hydrogen-bond donors (Lipinski definition) is 2. The molecule has 7 nitrogen and oxygen atoms in total. The molecule has 29 heavy (non-hydrogen) atoms. The molecule has 0 spiro atoms. The van der Waals surface area contributed by atoms with E-state index in [1.54, 1.807) is 6.20 Å². The van der Waals surface area contributed by atoms with Crippen molar-refractivity contribution in [3.63, 3.8) is 0 Å². The normalized spacial score (nSPS) is 21.2. The molecule has 2 aromatic heterocycles. The molecule has 150 valence electrons. The number of hydrogen-bond acceptors (Lipinski definition) is 5. The van der Waals surface area contributed by atoms with Gasteiger partial charge in [-0.05, 0) is 42.6 Å². The highest BCUT2D eigenvalue weighted by Crippen LogP contribution is 2.28. The maximum absolute atomic E-state index is 12.7. The van der Waals surface area contributed by atoms with Crippen LogP contribution in [0.2, 0.25) is 0 Å². The Balaban J connectivity index is 1.29. The summed E-state index contributed by atoms with van der Waals surface area (Å²) >= 11 is 0. The minimum atomic E-state index is -0.535. The summed E-state index contributed by atoms with van der Waals surface area (Å²) in [5, 5.41) is 12.4. The monoisotopic (exact) mass is 391 g/mol. The lowest BCUT2D eigenvalue weighted by molar-refractivity contribution is -0.134. The van der Waals surface area contributed by atoms with Crippen LogP contribution >= 0.6 is 0 Å². The van der Waals surface area contributed by atoms with Crippen LogP contribution in [0.5, 0.6) is 0 Å². The fraction of sp³-hybridized carbons (Fsp3) is 0.409. The predicted molar refractivity (Wildman–Crippen MR) is 110 cm³/mol. The Bertz CT molecular complexity index is 1020. The van der Waals surface area contributed by atoms with Crippen LogP contribution in [0.4, 0.5) is 0 Å². The number of nitrogens with one attached hydrogen (secondary N) is 2. The van der Waals surface area contributed by atoms with Gasteiger partial charge in [0.25, 0.3) is 5.91 Å². The minimum Gasteiger partial charge on any atom is -0.363 e. The van der Waals surface area contributed by atoms with Crippen LogP contribution in [0, 0.1) is 0 Å². The molecule has 2 aliphatic heterocycles. The summed E-state index contributed by atoms with van der Waals surface area (Å²) in [7, 11) is 0. The number of fused-ring (bicyclic) bond motifs is 2. The Morgan fingerprint density at radius 3 is 3.10 bits per heavy atom. The predicted octanol–water partition coefficient (Wildman–Crippen LogP) is 1.94. The molecule has 1 saturated heterocycles. The van der Waals surface area contributed by atoms with Gasteiger partial charge in [0, 0.05) is 30.6 Å². The number of ether oxygens (including phenoxy) is 1. The topological polar surface area (TPSA) is 81.1 Å². The second-order valence-electron chi connectivity index (χ2n) is 7.66. The molecule has 2 aliphatic rings. The van der Waals surface area contributed by atoms with Crippen molar-refractivity contribution >= 4 is 16.9 Å². The minimum absolute atomic E-state index is 0.0956. The van der Waals surface area contributed by atoms with E-state index in [4.69, 9.17) is 9.84 Å². The standard InChI is InChI=1S/C22H25N5O2/c28-22(20-17-5-2-1-4-15(17)8-13-29-20)25-11-12-27-21-18(6-3-9-24-21)19(26-27)16-7-10-23-14-16/h1-6,9,16,20,23H,7-8,10-14H2,(H,25,28)/t16-,20-/m0/s1. The molecule has 0 bridgehead atoms. The molecular weight excluding hydrogens is 366 g/mol. The second kappa shape index (κ2) is 7.93. The fourth-order valence-electron chi connectivity index (χ4n) is 4.37. The molecule has 3 aromatic rings. The molecular formula is C22H25N5O2. The maximum Gasteiger partial charge on any atom is 0.253 e. The van der Waals surface area contributed by atoms with Crippen molar-refractivity contribution in [3.05, 3.63) is 59.4 Å². The van der Waals surface area contributed by atoms with Crippen molar-refractivity contribution in [3.8, 4) is 0 Å². The van der Waals surface area contributed by atoms with E-state index in [9.17, 15) is 4.79 Å². The average Bonchev–Trinajstić information content (AvgIpc) is 3.41. The lowest BCUT2D eigenvalue weighted by atomic mass is 9.97. The van der Waals surface area contributed by atoms with Crippen LogP contribution in [-0.2, 0) is 22.5 Å². The summed E-state index contributed by atoms with van der Waals surface area (Å²) in [6, 6.07) is 12.1. The first-order valence-electron chi connectivity index (χ1n) is 10.3. The summed E-state index contributed by atoms with van der Waals surface area (Å²) < 4.78 is 7.67. The van der Waals surface area contributed by atoms with Crippen LogP contribution in [0.3, 0.4) is 0 Å². The van der Waals surface area contributed by atoms with Crippen molar-refractivity contribution < 1.29 is 9.53 Å². The Morgan fingerprint density at radius 1 is 1.28 bits per heavy atom. The van der Waals surface area contributed by atoms with Gasteiger partial charge >= 0.3 is 0 Å². The molecule has 0 radical (unpaired) electrons. The molecule has 0 aliphatic carbocycles. The lowest BCUT2D eigenvalue weighted by Gasteiger charge is -2.25. The van der Waals surface area contributed by atoms with Gasteiger partial charge in [-0.1, -0.05) is 24.3 Å². The zero-order chi connectivity index (χ0) is 19.6. The maximum atomic E-state index is 12.7. The molecule has 4 heterocycles. The molecule has 1 fully saturated rings. The van der Waals surface area contributed by atoms with Crippen LogP contribution in [0.25, 0.3) is 11.0 Å². The number of carbonyl (C=O) groups is 1. The van der Waals surface area contributed by atoms with E-state index >= 15 is 0 Å². The zero-order valence-electron chi connectivity index (χ0n) is 16.3. The third-order valence-corrected chi connectivity index (χ3v) is 5.84. The molecule has 1 amide bonds. The number of carbonyl (C=O) groups excluding carboxylic acids is 1. The second-order valence-corrected chi connectivity index (χ2v) is 7.66. The van der Waals surface area contributed by atoms with Crippen LogP contribution in [0.1, 0.15) is 35.3 Å². The highest BCUT2D eigenvalue weighted by molar-refractivity contribution is 5.83. The SMILES string of the molecule is O=C(NCCn1nc([C@H]2CCNC2)c2cccnc21)[C@H]1OCCc2ccccc21.